The minimum atomic E-state index is 0.384. The molecule has 0 spiro atoms. The molecule has 0 aliphatic heterocycles. The number of benzene rings is 1. The Bertz CT molecular complexity index is 679. The summed E-state index contributed by atoms with van der Waals surface area (Å²) in [6, 6.07) is 6.30. The first-order chi connectivity index (χ1) is 13.1. The van der Waals surface area contributed by atoms with Crippen LogP contribution in [-0.2, 0) is 0 Å². The fourth-order valence-corrected chi connectivity index (χ4v) is 4.27. The van der Waals surface area contributed by atoms with Crippen molar-refractivity contribution in [1.82, 2.24) is 0 Å². The summed E-state index contributed by atoms with van der Waals surface area (Å²) >= 11 is 8.39. The van der Waals surface area contributed by atoms with Crippen molar-refractivity contribution >= 4 is 58.4 Å². The maximum atomic E-state index is 5.61. The fraction of sp³-hybridized carbons (Fsp3) is 0.381. The molecule has 1 aliphatic rings. The maximum Gasteiger partial charge on any atom is 0.0962 e. The van der Waals surface area contributed by atoms with E-state index in [2.05, 4.69) is 47.4 Å². The topological polar surface area (TPSA) is 41.3 Å². The molecule has 3 nitrogen and oxygen atoms in total. The van der Waals surface area contributed by atoms with Crippen LogP contribution in [0.15, 0.2) is 46.6 Å². The molecule has 1 saturated carbocycles. The van der Waals surface area contributed by atoms with Crippen molar-refractivity contribution < 1.29 is 0 Å². The second kappa shape index (κ2) is 12.9. The van der Waals surface area contributed by atoms with Gasteiger partial charge in [0.15, 0.2) is 0 Å². The third kappa shape index (κ3) is 8.03. The third-order valence-corrected chi connectivity index (χ3v) is 6.04. The van der Waals surface area contributed by atoms with Gasteiger partial charge in [-0.25, -0.2) is 0 Å². The Morgan fingerprint density at radius 3 is 2.63 bits per heavy atom. The Balaban J connectivity index is 0.00000176. The van der Waals surface area contributed by atoms with E-state index in [0.29, 0.717) is 4.99 Å². The van der Waals surface area contributed by atoms with Crippen LogP contribution in [0.4, 0.5) is 11.4 Å². The van der Waals surface area contributed by atoms with Gasteiger partial charge in [-0.05, 0) is 66.8 Å². The summed E-state index contributed by atoms with van der Waals surface area (Å²) in [5, 5.41) is 5.22. The van der Waals surface area contributed by atoms with Gasteiger partial charge in [-0.15, -0.1) is 0 Å². The molecule has 1 aliphatic carbocycles. The van der Waals surface area contributed by atoms with Crippen LogP contribution >= 0.6 is 35.9 Å². The van der Waals surface area contributed by atoms with Crippen molar-refractivity contribution in [1.29, 1.82) is 0 Å². The minimum Gasteiger partial charge on any atom is -0.390 e. The number of nitrogens with two attached hydrogens (primary N) is 1. The average Bonchev–Trinajstić information content (AvgIpc) is 3.50. The first kappa shape index (κ1) is 23.7. The highest BCUT2D eigenvalue weighted by atomic mass is 32.2. The van der Waals surface area contributed by atoms with Gasteiger partial charge >= 0.3 is 0 Å². The predicted molar refractivity (Wildman–Crippen MR) is 132 cm³/mol. The Morgan fingerprint density at radius 1 is 1.41 bits per heavy atom. The zero-order valence-corrected chi connectivity index (χ0v) is 19.1. The number of hydrogen-bond acceptors (Lipinski definition) is 5. The normalized spacial score (nSPS) is 13.7. The van der Waals surface area contributed by atoms with E-state index >= 15 is 0 Å². The zero-order chi connectivity index (χ0) is 20.2. The van der Waals surface area contributed by atoms with Crippen LogP contribution in [0.5, 0.6) is 0 Å². The first-order valence-corrected chi connectivity index (χ1v) is 11.3. The summed E-state index contributed by atoms with van der Waals surface area (Å²) < 4.78 is 3.61. The summed E-state index contributed by atoms with van der Waals surface area (Å²) in [5.74, 6) is 0.778. The molecule has 1 aromatic rings. The lowest BCUT2D eigenvalue weighted by molar-refractivity contribution is 0.850. The highest BCUT2D eigenvalue weighted by molar-refractivity contribution is 8.24. The van der Waals surface area contributed by atoms with Gasteiger partial charge in [-0.1, -0.05) is 62.6 Å². The van der Waals surface area contributed by atoms with Crippen molar-refractivity contribution in [3.05, 3.63) is 52.1 Å². The number of anilines is 2. The summed E-state index contributed by atoms with van der Waals surface area (Å²) in [6.07, 6.45) is 8.48. The van der Waals surface area contributed by atoms with E-state index in [1.807, 2.05) is 32.4 Å². The Hall–Kier alpha value is -1.37. The van der Waals surface area contributed by atoms with Crippen LogP contribution in [-0.4, -0.2) is 18.6 Å². The lowest BCUT2D eigenvalue weighted by Crippen LogP contribution is -2.19. The van der Waals surface area contributed by atoms with Crippen LogP contribution in [0, 0.1) is 5.92 Å². The van der Waals surface area contributed by atoms with E-state index in [-0.39, 0.29) is 0 Å². The molecule has 1 fully saturated rings. The molecular weight excluding hydrogens is 390 g/mol. The number of thioether (sulfide) groups is 1. The van der Waals surface area contributed by atoms with Crippen LogP contribution < -0.4 is 15.4 Å². The van der Waals surface area contributed by atoms with Gasteiger partial charge in [0.1, 0.15) is 0 Å². The molecule has 0 unspecified atom stereocenters. The number of hydrogen-bond donors (Lipinski definition) is 2. The summed E-state index contributed by atoms with van der Waals surface area (Å²) in [5.41, 5.74) is 8.95. The average molecular weight is 422 g/mol. The molecule has 2 rings (SSSR count). The number of rotatable bonds is 10. The highest BCUT2D eigenvalue weighted by Crippen LogP contribution is 2.43. The van der Waals surface area contributed by atoms with Crippen LogP contribution in [0.25, 0.3) is 6.08 Å². The quantitative estimate of drug-likeness (QED) is 0.250. The molecule has 0 amide bonds. The number of allylic oxidation sites excluding steroid dienone is 1. The monoisotopic (exact) mass is 421 g/mol. The molecule has 1 aromatic carbocycles. The van der Waals surface area contributed by atoms with Crippen molar-refractivity contribution in [3.63, 3.8) is 0 Å². The van der Waals surface area contributed by atoms with Crippen LogP contribution in [0.2, 0.25) is 0 Å². The standard InChI is InChI=1S/C19H25N3S3.C2H6/c1-4-18(24-5-2)25-22(13-14-9-10-14)16-8-6-7-15(19(16)21-3)11-12-17(20)23;1-2/h4-8,11-12,14,21H,2,9-10,13H2,1,3H3,(H2,20,23);1-2H3/b12-11+,18-4+;. The molecule has 0 saturated heterocycles. The van der Waals surface area contributed by atoms with Crippen molar-refractivity contribution in [3.8, 4) is 0 Å². The second-order valence-electron chi connectivity index (χ2n) is 5.72. The fourth-order valence-electron chi connectivity index (χ4n) is 2.40. The maximum absolute atomic E-state index is 5.61. The van der Waals surface area contributed by atoms with Gasteiger partial charge in [-0.3, -0.25) is 0 Å². The molecule has 0 atom stereocenters. The molecule has 27 heavy (non-hydrogen) atoms. The van der Waals surface area contributed by atoms with Gasteiger partial charge < -0.3 is 15.4 Å². The minimum absolute atomic E-state index is 0.384. The number of para-hydroxylation sites is 1. The van der Waals surface area contributed by atoms with Crippen molar-refractivity contribution in [2.45, 2.75) is 33.6 Å². The van der Waals surface area contributed by atoms with E-state index in [0.717, 1.165) is 23.7 Å². The molecule has 0 radical (unpaired) electrons. The number of nitrogens with one attached hydrogen (secondary N) is 1. The molecule has 0 heterocycles. The number of thiocarbonyl (C=S) groups is 1. The molecular formula is C21H31N3S3. The van der Waals surface area contributed by atoms with Crippen molar-refractivity contribution in [2.24, 2.45) is 11.7 Å². The SMILES string of the molecule is C=CS/C(=C\C)SN(CC1CC1)c1cccc(/C=C/C(N)=S)c1NC.CC. The van der Waals surface area contributed by atoms with Gasteiger partial charge in [0.05, 0.1) is 20.6 Å². The molecule has 148 valence electrons. The Morgan fingerprint density at radius 2 is 2.11 bits per heavy atom. The zero-order valence-electron chi connectivity index (χ0n) is 16.7. The van der Waals surface area contributed by atoms with E-state index in [4.69, 9.17) is 18.0 Å². The smallest absolute Gasteiger partial charge is 0.0962 e. The van der Waals surface area contributed by atoms with E-state index < -0.39 is 0 Å². The van der Waals surface area contributed by atoms with Crippen LogP contribution in [0.3, 0.4) is 0 Å². The van der Waals surface area contributed by atoms with Gasteiger partial charge in [-0.2, -0.15) is 0 Å². The lowest BCUT2D eigenvalue weighted by Gasteiger charge is -2.27. The second-order valence-corrected chi connectivity index (χ2v) is 8.52. The lowest BCUT2D eigenvalue weighted by atomic mass is 10.1. The Labute approximate surface area is 178 Å². The summed E-state index contributed by atoms with van der Waals surface area (Å²) in [4.78, 5) is 0.384. The largest absolute Gasteiger partial charge is 0.390 e. The van der Waals surface area contributed by atoms with Crippen molar-refractivity contribution in [2.75, 3.05) is 23.2 Å². The van der Waals surface area contributed by atoms with Gasteiger partial charge in [0, 0.05) is 13.6 Å². The predicted octanol–water partition coefficient (Wildman–Crippen LogP) is 6.66. The Kier molecular flexibility index (Phi) is 11.3. The third-order valence-electron chi connectivity index (χ3n) is 3.78. The first-order valence-electron chi connectivity index (χ1n) is 9.26. The van der Waals surface area contributed by atoms with Gasteiger partial charge in [0.2, 0.25) is 0 Å². The molecule has 6 heteroatoms. The van der Waals surface area contributed by atoms with E-state index in [1.165, 1.54) is 22.8 Å². The van der Waals surface area contributed by atoms with Crippen LogP contribution in [0.1, 0.15) is 39.2 Å². The summed E-state index contributed by atoms with van der Waals surface area (Å²) in [6.45, 7) is 10.9. The van der Waals surface area contributed by atoms with Gasteiger partial charge in [0.25, 0.3) is 0 Å². The molecule has 0 bridgehead atoms. The van der Waals surface area contributed by atoms with E-state index in [9.17, 15) is 0 Å². The number of nitrogens with zero attached hydrogens (tertiary/aromatic N) is 1. The molecule has 3 N–H and O–H groups in total. The highest BCUT2D eigenvalue weighted by Gasteiger charge is 2.27. The van der Waals surface area contributed by atoms with E-state index in [1.54, 1.807) is 29.8 Å². The molecule has 0 aromatic heterocycles. The summed E-state index contributed by atoms with van der Waals surface area (Å²) in [7, 11) is 1.95.